The summed E-state index contributed by atoms with van der Waals surface area (Å²) in [5.74, 6) is -0.846. The molecule has 0 saturated carbocycles. The van der Waals surface area contributed by atoms with E-state index in [1.807, 2.05) is 41.8 Å². The lowest BCUT2D eigenvalue weighted by atomic mass is 10.2. The molecule has 210 valence electrons. The van der Waals surface area contributed by atoms with E-state index >= 15 is 0 Å². The van der Waals surface area contributed by atoms with Crippen LogP contribution in [0.25, 0.3) is 0 Å². The summed E-state index contributed by atoms with van der Waals surface area (Å²) in [5, 5.41) is 1.79. The second kappa shape index (κ2) is 12.9. The lowest BCUT2D eigenvalue weighted by Gasteiger charge is -2.30. The molecule has 5 rings (SSSR count). The van der Waals surface area contributed by atoms with E-state index in [4.69, 9.17) is 4.74 Å². The molecule has 1 aliphatic heterocycles. The van der Waals surface area contributed by atoms with Crippen molar-refractivity contribution in [2.75, 3.05) is 39.4 Å². The number of hydrogen-bond acceptors (Lipinski definition) is 7. The van der Waals surface area contributed by atoms with Gasteiger partial charge in [-0.3, -0.25) is 9.69 Å². The first-order valence-corrected chi connectivity index (χ1v) is 15.6. The molecule has 1 saturated heterocycles. The highest BCUT2D eigenvalue weighted by molar-refractivity contribution is 7.90. The molecule has 8 nitrogen and oxygen atoms in total. The largest absolute Gasteiger partial charge is 0.379 e. The zero-order valence-electron chi connectivity index (χ0n) is 22.0. The number of nitrogens with zero attached hydrogens (tertiary/aromatic N) is 4. The van der Waals surface area contributed by atoms with Crippen molar-refractivity contribution in [1.82, 2.24) is 19.4 Å². The van der Waals surface area contributed by atoms with Crippen LogP contribution in [0.3, 0.4) is 0 Å². The fraction of sp³-hybridized carbons (Fsp3) is 0.310. The Hall–Kier alpha value is -3.38. The van der Waals surface area contributed by atoms with Crippen LogP contribution in [0.1, 0.15) is 26.5 Å². The van der Waals surface area contributed by atoms with Crippen molar-refractivity contribution < 1.29 is 22.3 Å². The van der Waals surface area contributed by atoms with Crippen LogP contribution in [0, 0.1) is 5.82 Å². The van der Waals surface area contributed by atoms with Crippen molar-refractivity contribution >= 4 is 27.1 Å². The SMILES string of the molecule is O=C(c1cccs1)N(CCN1CCOCC1)Cc1cnc(S(=O)(=O)Cc2ccc(F)cc2)n1Cc1ccccc1. The minimum atomic E-state index is -3.88. The Kier molecular flexibility index (Phi) is 9.05. The number of hydrogen-bond donors (Lipinski definition) is 0. The number of ether oxygens (including phenoxy) is 1. The Morgan fingerprint density at radius 1 is 1.00 bits per heavy atom. The maximum Gasteiger partial charge on any atom is 0.264 e. The summed E-state index contributed by atoms with van der Waals surface area (Å²) in [6, 6.07) is 18.6. The van der Waals surface area contributed by atoms with Gasteiger partial charge in [-0.2, -0.15) is 0 Å². The number of carbonyl (C=O) groups is 1. The number of halogens is 1. The second-order valence-electron chi connectivity index (χ2n) is 9.65. The van der Waals surface area contributed by atoms with Crippen LogP contribution in [0.4, 0.5) is 4.39 Å². The average molecular weight is 583 g/mol. The Balaban J connectivity index is 1.46. The van der Waals surface area contributed by atoms with Gasteiger partial charge in [0.15, 0.2) is 0 Å². The van der Waals surface area contributed by atoms with Crippen LogP contribution in [0.5, 0.6) is 0 Å². The Morgan fingerprint density at radius 3 is 2.45 bits per heavy atom. The molecule has 1 aliphatic rings. The first-order chi connectivity index (χ1) is 19.4. The van der Waals surface area contributed by atoms with Crippen LogP contribution in [-0.2, 0) is 33.4 Å². The van der Waals surface area contributed by atoms with E-state index in [9.17, 15) is 17.6 Å². The monoisotopic (exact) mass is 582 g/mol. The quantitative estimate of drug-likeness (QED) is 0.265. The van der Waals surface area contributed by atoms with Gasteiger partial charge in [-0.25, -0.2) is 17.8 Å². The number of imidazole rings is 1. The van der Waals surface area contributed by atoms with Gasteiger partial charge in [0.25, 0.3) is 5.91 Å². The Labute approximate surface area is 237 Å². The third kappa shape index (κ3) is 7.03. The van der Waals surface area contributed by atoms with Gasteiger partial charge >= 0.3 is 0 Å². The molecule has 0 spiro atoms. The summed E-state index contributed by atoms with van der Waals surface area (Å²) in [7, 11) is -3.88. The van der Waals surface area contributed by atoms with Gasteiger partial charge in [-0.15, -0.1) is 11.3 Å². The molecule has 0 aliphatic carbocycles. The molecule has 3 heterocycles. The van der Waals surface area contributed by atoms with Gasteiger partial charge in [-0.1, -0.05) is 48.5 Å². The van der Waals surface area contributed by atoms with E-state index in [0.29, 0.717) is 42.4 Å². The zero-order chi connectivity index (χ0) is 28.0. The first kappa shape index (κ1) is 28.2. The van der Waals surface area contributed by atoms with E-state index in [2.05, 4.69) is 9.88 Å². The van der Waals surface area contributed by atoms with E-state index in [0.717, 1.165) is 18.7 Å². The average Bonchev–Trinajstić information content (AvgIpc) is 3.64. The first-order valence-electron chi connectivity index (χ1n) is 13.1. The number of morpholine rings is 1. The Morgan fingerprint density at radius 2 is 1.75 bits per heavy atom. The molecule has 40 heavy (non-hydrogen) atoms. The zero-order valence-corrected chi connectivity index (χ0v) is 23.6. The smallest absolute Gasteiger partial charge is 0.264 e. The van der Waals surface area contributed by atoms with E-state index in [-0.39, 0.29) is 29.9 Å². The van der Waals surface area contributed by atoms with E-state index in [1.165, 1.54) is 35.6 Å². The molecular formula is C29H31FN4O4S2. The molecule has 0 atom stereocenters. The van der Waals surface area contributed by atoms with Gasteiger partial charge in [0, 0.05) is 26.2 Å². The molecule has 0 N–H and O–H groups in total. The molecule has 1 fully saturated rings. The summed E-state index contributed by atoms with van der Waals surface area (Å²) in [4.78, 5) is 22.5. The fourth-order valence-electron chi connectivity index (χ4n) is 4.66. The molecule has 2 aromatic heterocycles. The Bertz CT molecular complexity index is 1500. The number of sulfone groups is 1. The van der Waals surface area contributed by atoms with Crippen LogP contribution < -0.4 is 0 Å². The van der Waals surface area contributed by atoms with Gasteiger partial charge in [0.1, 0.15) is 5.82 Å². The van der Waals surface area contributed by atoms with Crippen molar-refractivity contribution in [3.63, 3.8) is 0 Å². The number of benzene rings is 2. The highest BCUT2D eigenvalue weighted by atomic mass is 32.2. The van der Waals surface area contributed by atoms with E-state index < -0.39 is 15.7 Å². The molecule has 1 amide bonds. The number of amides is 1. The van der Waals surface area contributed by atoms with Gasteiger partial charge in [-0.05, 0) is 34.7 Å². The summed E-state index contributed by atoms with van der Waals surface area (Å²) < 4.78 is 47.7. The number of aromatic nitrogens is 2. The van der Waals surface area contributed by atoms with Gasteiger partial charge < -0.3 is 14.2 Å². The second-order valence-corrected chi connectivity index (χ2v) is 12.5. The van der Waals surface area contributed by atoms with Crippen LogP contribution in [0.2, 0.25) is 0 Å². The number of rotatable bonds is 11. The van der Waals surface area contributed by atoms with Crippen LogP contribution in [0.15, 0.2) is 83.5 Å². The molecule has 4 aromatic rings. The van der Waals surface area contributed by atoms with Crippen molar-refractivity contribution in [1.29, 1.82) is 0 Å². The predicted molar refractivity (Wildman–Crippen MR) is 151 cm³/mol. The minimum Gasteiger partial charge on any atom is -0.379 e. The lowest BCUT2D eigenvalue weighted by Crippen LogP contribution is -2.43. The summed E-state index contributed by atoms with van der Waals surface area (Å²) in [5.41, 5.74) is 2.00. The summed E-state index contributed by atoms with van der Waals surface area (Å²) in [6.07, 6.45) is 1.55. The minimum absolute atomic E-state index is 0.0765. The van der Waals surface area contributed by atoms with Crippen molar-refractivity contribution in [2.24, 2.45) is 0 Å². The molecular weight excluding hydrogens is 551 g/mol. The van der Waals surface area contributed by atoms with Crippen LogP contribution >= 0.6 is 11.3 Å². The molecule has 2 aromatic carbocycles. The van der Waals surface area contributed by atoms with Crippen molar-refractivity contribution in [3.8, 4) is 0 Å². The molecule has 0 bridgehead atoms. The highest BCUT2D eigenvalue weighted by Gasteiger charge is 2.27. The highest BCUT2D eigenvalue weighted by Crippen LogP contribution is 2.22. The summed E-state index contributed by atoms with van der Waals surface area (Å²) in [6.45, 7) is 4.58. The van der Waals surface area contributed by atoms with Gasteiger partial charge in [0.05, 0.1) is 48.8 Å². The molecule has 0 radical (unpaired) electrons. The maximum absolute atomic E-state index is 13.6. The van der Waals surface area contributed by atoms with Crippen molar-refractivity contribution in [3.05, 3.63) is 106 Å². The number of thiophene rings is 1. The van der Waals surface area contributed by atoms with Crippen molar-refractivity contribution in [2.45, 2.75) is 24.0 Å². The van der Waals surface area contributed by atoms with Crippen LogP contribution in [-0.4, -0.2) is 73.1 Å². The number of carbonyl (C=O) groups excluding carboxylic acids is 1. The third-order valence-electron chi connectivity index (χ3n) is 6.80. The molecule has 0 unspecified atom stereocenters. The lowest BCUT2D eigenvalue weighted by molar-refractivity contribution is 0.0319. The normalized spacial score (nSPS) is 14.3. The maximum atomic E-state index is 13.6. The molecule has 11 heteroatoms. The van der Waals surface area contributed by atoms with Gasteiger partial charge in [0.2, 0.25) is 15.0 Å². The third-order valence-corrected chi connectivity index (χ3v) is 9.25. The fourth-order valence-corrected chi connectivity index (χ4v) is 6.84. The predicted octanol–water partition coefficient (Wildman–Crippen LogP) is 4.08. The topological polar surface area (TPSA) is 84.7 Å². The van der Waals surface area contributed by atoms with E-state index in [1.54, 1.807) is 21.7 Å². The summed E-state index contributed by atoms with van der Waals surface area (Å²) >= 11 is 1.38. The standard InChI is InChI=1S/C29H31FN4O4S2/c30-25-10-8-24(9-11-25)22-40(36,37)29-31-19-26(34(29)20-23-5-2-1-3-6-23)21-33(28(35)27-7-4-18-39-27)13-12-32-14-16-38-17-15-32/h1-11,18-19H,12-17,20-22H2.